The number of ether oxygens (including phenoxy) is 1. The normalized spacial score (nSPS) is 12.1. The van der Waals surface area contributed by atoms with Gasteiger partial charge in [-0.2, -0.15) is 5.26 Å². The van der Waals surface area contributed by atoms with Crippen LogP contribution in [0.25, 0.3) is 10.9 Å². The predicted octanol–water partition coefficient (Wildman–Crippen LogP) is 2.53. The lowest BCUT2D eigenvalue weighted by molar-refractivity contribution is 0.415. The molecule has 98 valence electrons. The zero-order valence-electron chi connectivity index (χ0n) is 11.2. The van der Waals surface area contributed by atoms with Crippen molar-refractivity contribution in [3.63, 3.8) is 0 Å². The number of hydrogen-bond donors (Lipinski definition) is 1. The van der Waals surface area contributed by atoms with Crippen LogP contribution in [-0.2, 0) is 7.05 Å². The highest BCUT2D eigenvalue weighted by Crippen LogP contribution is 2.29. The highest BCUT2D eigenvalue weighted by Gasteiger charge is 2.16. The van der Waals surface area contributed by atoms with Crippen LogP contribution < -0.4 is 10.1 Å². The Morgan fingerprint density at radius 1 is 1.58 bits per heavy atom. The fourth-order valence-corrected chi connectivity index (χ4v) is 2.18. The summed E-state index contributed by atoms with van der Waals surface area (Å²) in [7, 11) is 3.61. The average Bonchev–Trinajstić information content (AvgIpc) is 2.76. The summed E-state index contributed by atoms with van der Waals surface area (Å²) in [5.41, 5.74) is 2.04. The molecular formula is C15H17N3O. The topological polar surface area (TPSA) is 50.0 Å². The van der Waals surface area contributed by atoms with Gasteiger partial charge in [0, 0.05) is 36.3 Å². The summed E-state index contributed by atoms with van der Waals surface area (Å²) in [6, 6.07) is 7.81. The fourth-order valence-electron chi connectivity index (χ4n) is 2.18. The van der Waals surface area contributed by atoms with Crippen molar-refractivity contribution in [2.75, 3.05) is 13.7 Å². The number of nitrogens with zero attached hydrogens (tertiary/aromatic N) is 2. The van der Waals surface area contributed by atoms with Crippen molar-refractivity contribution in [3.05, 3.63) is 42.6 Å². The fraction of sp³-hybridized carbons (Fsp3) is 0.267. The zero-order valence-corrected chi connectivity index (χ0v) is 11.2. The van der Waals surface area contributed by atoms with E-state index in [0.29, 0.717) is 6.54 Å². The van der Waals surface area contributed by atoms with Gasteiger partial charge in [-0.05, 0) is 18.2 Å². The first kappa shape index (κ1) is 13.2. The van der Waals surface area contributed by atoms with E-state index in [9.17, 15) is 5.26 Å². The lowest BCUT2D eigenvalue weighted by Crippen LogP contribution is -2.19. The van der Waals surface area contributed by atoms with E-state index in [4.69, 9.17) is 4.74 Å². The molecule has 1 N–H and O–H groups in total. The van der Waals surface area contributed by atoms with Gasteiger partial charge in [-0.3, -0.25) is 5.32 Å². The molecule has 0 aliphatic heterocycles. The third kappa shape index (κ3) is 2.47. The second-order valence-electron chi connectivity index (χ2n) is 4.34. The number of methoxy groups -OCH3 is 1. The molecule has 4 nitrogen and oxygen atoms in total. The van der Waals surface area contributed by atoms with Crippen LogP contribution in [0.2, 0.25) is 0 Å². The smallest absolute Gasteiger partial charge is 0.123 e. The molecule has 0 saturated carbocycles. The summed E-state index contributed by atoms with van der Waals surface area (Å²) in [6.45, 7) is 4.25. The lowest BCUT2D eigenvalue weighted by atomic mass is 10.1. The quantitative estimate of drug-likeness (QED) is 0.835. The second kappa shape index (κ2) is 5.59. The van der Waals surface area contributed by atoms with Gasteiger partial charge in [0.15, 0.2) is 0 Å². The standard InChI is InChI=1S/C15H17N3O/c1-4-7-17-14(9-16)13-10-18(2)15-6-5-11(19-3)8-12(13)15/h4-6,8,10,14,17H,1,7H2,2-3H3. The number of nitriles is 1. The minimum Gasteiger partial charge on any atom is -0.497 e. The molecule has 1 atom stereocenters. The van der Waals surface area contributed by atoms with Crippen LogP contribution in [-0.4, -0.2) is 18.2 Å². The molecule has 1 aromatic carbocycles. The van der Waals surface area contributed by atoms with Crippen molar-refractivity contribution in [3.8, 4) is 11.8 Å². The Kier molecular flexibility index (Phi) is 3.88. The van der Waals surface area contributed by atoms with Gasteiger partial charge in [0.2, 0.25) is 0 Å². The first-order chi connectivity index (χ1) is 9.21. The van der Waals surface area contributed by atoms with Gasteiger partial charge in [0.25, 0.3) is 0 Å². The van der Waals surface area contributed by atoms with Crippen LogP contribution in [0.3, 0.4) is 0 Å². The van der Waals surface area contributed by atoms with Crippen LogP contribution in [0.5, 0.6) is 5.75 Å². The molecule has 0 spiro atoms. The van der Waals surface area contributed by atoms with Gasteiger partial charge in [-0.1, -0.05) is 6.08 Å². The highest BCUT2D eigenvalue weighted by atomic mass is 16.5. The van der Waals surface area contributed by atoms with E-state index in [0.717, 1.165) is 22.2 Å². The minimum absolute atomic E-state index is 0.353. The first-order valence-electron chi connectivity index (χ1n) is 6.08. The van der Waals surface area contributed by atoms with Crippen LogP contribution in [0, 0.1) is 11.3 Å². The van der Waals surface area contributed by atoms with Crippen LogP contribution in [0.1, 0.15) is 11.6 Å². The predicted molar refractivity (Wildman–Crippen MR) is 76.0 cm³/mol. The number of rotatable bonds is 5. The van der Waals surface area contributed by atoms with Gasteiger partial charge in [-0.25, -0.2) is 0 Å². The molecule has 0 fully saturated rings. The van der Waals surface area contributed by atoms with E-state index in [2.05, 4.69) is 18.0 Å². The number of benzene rings is 1. The number of aryl methyl sites for hydroxylation is 1. The number of fused-ring (bicyclic) bond motifs is 1. The van der Waals surface area contributed by atoms with Crippen molar-refractivity contribution >= 4 is 10.9 Å². The molecule has 0 aliphatic carbocycles. The van der Waals surface area contributed by atoms with E-state index in [1.807, 2.05) is 36.0 Å². The average molecular weight is 255 g/mol. The maximum atomic E-state index is 9.31. The molecule has 2 rings (SSSR count). The van der Waals surface area contributed by atoms with Gasteiger partial charge in [0.1, 0.15) is 11.8 Å². The monoisotopic (exact) mass is 255 g/mol. The molecule has 2 aromatic rings. The number of aromatic nitrogens is 1. The third-order valence-corrected chi connectivity index (χ3v) is 3.13. The first-order valence-corrected chi connectivity index (χ1v) is 6.08. The largest absolute Gasteiger partial charge is 0.497 e. The van der Waals surface area contributed by atoms with E-state index in [-0.39, 0.29) is 6.04 Å². The molecular weight excluding hydrogens is 238 g/mol. The summed E-state index contributed by atoms with van der Waals surface area (Å²) in [5, 5.41) is 13.5. The molecule has 0 bridgehead atoms. The molecule has 1 heterocycles. The van der Waals surface area contributed by atoms with Crippen molar-refractivity contribution in [1.29, 1.82) is 5.26 Å². The van der Waals surface area contributed by atoms with E-state index >= 15 is 0 Å². The number of nitrogens with one attached hydrogen (secondary N) is 1. The summed E-state index contributed by atoms with van der Waals surface area (Å²) < 4.78 is 7.27. The highest BCUT2D eigenvalue weighted by molar-refractivity contribution is 5.86. The Labute approximate surface area is 112 Å². The maximum absolute atomic E-state index is 9.31. The lowest BCUT2D eigenvalue weighted by Gasteiger charge is -2.09. The molecule has 0 aliphatic rings. The maximum Gasteiger partial charge on any atom is 0.123 e. The van der Waals surface area contributed by atoms with E-state index < -0.39 is 0 Å². The van der Waals surface area contributed by atoms with E-state index in [1.54, 1.807) is 13.2 Å². The second-order valence-corrected chi connectivity index (χ2v) is 4.34. The molecule has 0 radical (unpaired) electrons. The third-order valence-electron chi connectivity index (χ3n) is 3.13. The summed E-state index contributed by atoms with van der Waals surface area (Å²) in [4.78, 5) is 0. The summed E-state index contributed by atoms with van der Waals surface area (Å²) >= 11 is 0. The van der Waals surface area contributed by atoms with Crippen molar-refractivity contribution in [2.45, 2.75) is 6.04 Å². The van der Waals surface area contributed by atoms with Crippen molar-refractivity contribution < 1.29 is 4.74 Å². The van der Waals surface area contributed by atoms with Gasteiger partial charge >= 0.3 is 0 Å². The van der Waals surface area contributed by atoms with E-state index in [1.165, 1.54) is 0 Å². The Hall–Kier alpha value is -2.25. The summed E-state index contributed by atoms with van der Waals surface area (Å²) in [5.74, 6) is 0.792. The van der Waals surface area contributed by atoms with Crippen LogP contribution in [0.4, 0.5) is 0 Å². The molecule has 4 heteroatoms. The summed E-state index contributed by atoms with van der Waals surface area (Å²) in [6.07, 6.45) is 3.73. The van der Waals surface area contributed by atoms with Gasteiger partial charge in [0.05, 0.1) is 13.2 Å². The zero-order chi connectivity index (χ0) is 13.8. The van der Waals surface area contributed by atoms with Gasteiger partial charge < -0.3 is 9.30 Å². The Bertz CT molecular complexity index is 637. The Morgan fingerprint density at radius 2 is 2.37 bits per heavy atom. The van der Waals surface area contributed by atoms with Crippen molar-refractivity contribution in [2.24, 2.45) is 7.05 Å². The van der Waals surface area contributed by atoms with Crippen LogP contribution >= 0.6 is 0 Å². The molecule has 0 amide bonds. The number of hydrogen-bond acceptors (Lipinski definition) is 3. The minimum atomic E-state index is -0.353. The van der Waals surface area contributed by atoms with Gasteiger partial charge in [-0.15, -0.1) is 6.58 Å². The van der Waals surface area contributed by atoms with Crippen molar-refractivity contribution in [1.82, 2.24) is 9.88 Å². The molecule has 1 unspecified atom stereocenters. The Balaban J connectivity index is 2.52. The SMILES string of the molecule is C=CCNC(C#N)c1cn(C)c2ccc(OC)cc12. The molecule has 19 heavy (non-hydrogen) atoms. The van der Waals surface area contributed by atoms with Crippen LogP contribution in [0.15, 0.2) is 37.1 Å². The molecule has 0 saturated heterocycles. The Morgan fingerprint density at radius 3 is 3.00 bits per heavy atom. The molecule has 1 aromatic heterocycles.